The van der Waals surface area contributed by atoms with Gasteiger partial charge in [-0.15, -0.1) is 0 Å². The standard InChI is InChI=1S/C7H13NOS2/c1-3-9-4-2-8(1)7-5-10-11-6-7/h7H,1-6H2. The average Bonchev–Trinajstić information content (AvgIpc) is 2.58. The Bertz CT molecular complexity index is 122. The lowest BCUT2D eigenvalue weighted by Gasteiger charge is -2.31. The largest absolute Gasteiger partial charge is 0.379 e. The SMILES string of the molecule is C1CN(C2CSSC2)CCO1. The topological polar surface area (TPSA) is 12.5 Å². The summed E-state index contributed by atoms with van der Waals surface area (Å²) in [6.07, 6.45) is 0. The van der Waals surface area contributed by atoms with E-state index in [2.05, 4.69) is 4.90 Å². The van der Waals surface area contributed by atoms with E-state index in [0.717, 1.165) is 32.3 Å². The molecule has 4 heteroatoms. The summed E-state index contributed by atoms with van der Waals surface area (Å²) in [4.78, 5) is 2.57. The van der Waals surface area contributed by atoms with Crippen LogP contribution in [-0.4, -0.2) is 48.8 Å². The monoisotopic (exact) mass is 191 g/mol. The molecule has 0 spiro atoms. The third-order valence-corrected chi connectivity index (χ3v) is 4.69. The molecule has 2 saturated heterocycles. The van der Waals surface area contributed by atoms with Crippen LogP contribution in [0, 0.1) is 0 Å². The molecule has 0 atom stereocenters. The normalized spacial score (nSPS) is 29.5. The second kappa shape index (κ2) is 4.03. The average molecular weight is 191 g/mol. The summed E-state index contributed by atoms with van der Waals surface area (Å²) in [5.41, 5.74) is 0. The van der Waals surface area contributed by atoms with E-state index >= 15 is 0 Å². The van der Waals surface area contributed by atoms with E-state index in [-0.39, 0.29) is 0 Å². The van der Waals surface area contributed by atoms with Crippen molar-refractivity contribution in [3.05, 3.63) is 0 Å². The molecule has 2 fully saturated rings. The summed E-state index contributed by atoms with van der Waals surface area (Å²) in [7, 11) is 4.02. The van der Waals surface area contributed by atoms with Gasteiger partial charge in [-0.1, -0.05) is 21.6 Å². The second-order valence-corrected chi connectivity index (χ2v) is 5.42. The van der Waals surface area contributed by atoms with Crippen molar-refractivity contribution in [1.82, 2.24) is 4.90 Å². The van der Waals surface area contributed by atoms with Crippen LogP contribution in [-0.2, 0) is 4.74 Å². The summed E-state index contributed by atoms with van der Waals surface area (Å²) >= 11 is 0. The van der Waals surface area contributed by atoms with Crippen LogP contribution >= 0.6 is 21.6 Å². The Morgan fingerprint density at radius 2 is 1.73 bits per heavy atom. The van der Waals surface area contributed by atoms with Gasteiger partial charge in [0.05, 0.1) is 13.2 Å². The number of ether oxygens (including phenoxy) is 1. The van der Waals surface area contributed by atoms with E-state index in [9.17, 15) is 0 Å². The van der Waals surface area contributed by atoms with Crippen LogP contribution < -0.4 is 0 Å². The summed E-state index contributed by atoms with van der Waals surface area (Å²) < 4.78 is 5.30. The van der Waals surface area contributed by atoms with Crippen LogP contribution in [0.25, 0.3) is 0 Å². The first-order valence-electron chi connectivity index (χ1n) is 4.03. The first-order chi connectivity index (χ1) is 5.47. The highest BCUT2D eigenvalue weighted by Crippen LogP contribution is 2.33. The molecule has 0 unspecified atom stereocenters. The maximum atomic E-state index is 5.30. The molecule has 0 radical (unpaired) electrons. The van der Waals surface area contributed by atoms with E-state index in [1.807, 2.05) is 21.6 Å². The minimum absolute atomic E-state index is 0.828. The van der Waals surface area contributed by atoms with Crippen molar-refractivity contribution in [2.75, 3.05) is 37.8 Å². The number of morpholine rings is 1. The highest BCUT2D eigenvalue weighted by molar-refractivity contribution is 8.77. The first-order valence-corrected chi connectivity index (χ1v) is 6.52. The zero-order chi connectivity index (χ0) is 7.52. The Morgan fingerprint density at radius 1 is 1.09 bits per heavy atom. The molecule has 2 heterocycles. The molecule has 0 N–H and O–H groups in total. The molecule has 2 aliphatic heterocycles. The van der Waals surface area contributed by atoms with Gasteiger partial charge in [0.25, 0.3) is 0 Å². The molecule has 2 nitrogen and oxygen atoms in total. The highest BCUT2D eigenvalue weighted by atomic mass is 33.1. The Hall–Kier alpha value is 0.620. The minimum Gasteiger partial charge on any atom is -0.379 e. The van der Waals surface area contributed by atoms with Gasteiger partial charge in [-0.25, -0.2) is 0 Å². The Labute approximate surface area is 75.4 Å². The number of rotatable bonds is 1. The van der Waals surface area contributed by atoms with Crippen LogP contribution in [0.3, 0.4) is 0 Å². The third-order valence-electron chi connectivity index (χ3n) is 2.17. The van der Waals surface area contributed by atoms with Crippen molar-refractivity contribution < 1.29 is 4.74 Å². The first kappa shape index (κ1) is 8.23. The third kappa shape index (κ3) is 2.05. The van der Waals surface area contributed by atoms with Gasteiger partial charge in [0.2, 0.25) is 0 Å². The lowest BCUT2D eigenvalue weighted by molar-refractivity contribution is 0.0258. The van der Waals surface area contributed by atoms with Gasteiger partial charge in [0.1, 0.15) is 0 Å². The molecule has 0 aromatic carbocycles. The Balaban J connectivity index is 1.82. The van der Waals surface area contributed by atoms with Crippen LogP contribution in [0.15, 0.2) is 0 Å². The highest BCUT2D eigenvalue weighted by Gasteiger charge is 2.24. The molecule has 0 aromatic heterocycles. The molecule has 0 saturated carbocycles. The van der Waals surface area contributed by atoms with Crippen molar-refractivity contribution in [3.63, 3.8) is 0 Å². The van der Waals surface area contributed by atoms with Crippen molar-refractivity contribution in [3.8, 4) is 0 Å². The number of hydrogen-bond donors (Lipinski definition) is 0. The number of hydrogen-bond acceptors (Lipinski definition) is 4. The van der Waals surface area contributed by atoms with Gasteiger partial charge in [0, 0.05) is 30.6 Å². The minimum atomic E-state index is 0.828. The fourth-order valence-electron chi connectivity index (χ4n) is 1.45. The summed E-state index contributed by atoms with van der Waals surface area (Å²) in [5.74, 6) is 2.62. The zero-order valence-corrected chi connectivity index (χ0v) is 8.12. The Morgan fingerprint density at radius 3 is 2.36 bits per heavy atom. The van der Waals surface area contributed by atoms with Crippen LogP contribution in [0.1, 0.15) is 0 Å². The van der Waals surface area contributed by atoms with Crippen molar-refractivity contribution in [1.29, 1.82) is 0 Å². The molecule has 2 aliphatic rings. The summed E-state index contributed by atoms with van der Waals surface area (Å²) in [5, 5.41) is 0. The van der Waals surface area contributed by atoms with E-state index in [0.29, 0.717) is 0 Å². The predicted octanol–water partition coefficient (Wildman–Crippen LogP) is 1.08. The van der Waals surface area contributed by atoms with Crippen LogP contribution in [0.5, 0.6) is 0 Å². The maximum Gasteiger partial charge on any atom is 0.0594 e. The molecular formula is C7H13NOS2. The quantitative estimate of drug-likeness (QED) is 0.575. The summed E-state index contributed by atoms with van der Waals surface area (Å²) in [6, 6.07) is 0.828. The molecule has 64 valence electrons. The Kier molecular flexibility index (Phi) is 3.01. The van der Waals surface area contributed by atoms with Gasteiger partial charge in [-0.05, 0) is 0 Å². The zero-order valence-electron chi connectivity index (χ0n) is 6.49. The number of nitrogens with zero attached hydrogens (tertiary/aromatic N) is 1. The molecular weight excluding hydrogens is 178 g/mol. The van der Waals surface area contributed by atoms with E-state index in [1.54, 1.807) is 0 Å². The van der Waals surface area contributed by atoms with Crippen molar-refractivity contribution in [2.24, 2.45) is 0 Å². The van der Waals surface area contributed by atoms with E-state index < -0.39 is 0 Å². The molecule has 11 heavy (non-hydrogen) atoms. The van der Waals surface area contributed by atoms with Gasteiger partial charge < -0.3 is 4.74 Å². The maximum absolute atomic E-state index is 5.30. The van der Waals surface area contributed by atoms with Gasteiger partial charge in [-0.3, -0.25) is 4.90 Å². The van der Waals surface area contributed by atoms with Gasteiger partial charge in [-0.2, -0.15) is 0 Å². The molecule has 0 aliphatic carbocycles. The lowest BCUT2D eigenvalue weighted by Crippen LogP contribution is -2.44. The fourth-order valence-corrected chi connectivity index (χ4v) is 4.29. The second-order valence-electron chi connectivity index (χ2n) is 2.87. The predicted molar refractivity (Wildman–Crippen MR) is 51.1 cm³/mol. The van der Waals surface area contributed by atoms with E-state index in [1.165, 1.54) is 11.5 Å². The molecule has 0 amide bonds. The summed E-state index contributed by atoms with van der Waals surface area (Å²) in [6.45, 7) is 4.16. The van der Waals surface area contributed by atoms with Gasteiger partial charge >= 0.3 is 0 Å². The van der Waals surface area contributed by atoms with Crippen LogP contribution in [0.4, 0.5) is 0 Å². The van der Waals surface area contributed by atoms with Crippen molar-refractivity contribution in [2.45, 2.75) is 6.04 Å². The fraction of sp³-hybridized carbons (Fsp3) is 1.00. The smallest absolute Gasteiger partial charge is 0.0594 e. The lowest BCUT2D eigenvalue weighted by atomic mass is 10.3. The van der Waals surface area contributed by atoms with Crippen LogP contribution in [0.2, 0.25) is 0 Å². The molecule has 0 bridgehead atoms. The molecule has 2 rings (SSSR count). The van der Waals surface area contributed by atoms with Crippen molar-refractivity contribution >= 4 is 21.6 Å². The van der Waals surface area contributed by atoms with Gasteiger partial charge in [0.15, 0.2) is 0 Å². The van der Waals surface area contributed by atoms with E-state index in [4.69, 9.17) is 4.74 Å². The molecule has 0 aromatic rings.